The van der Waals surface area contributed by atoms with Gasteiger partial charge in [-0.2, -0.15) is 0 Å². The van der Waals surface area contributed by atoms with Crippen molar-refractivity contribution in [3.8, 4) is 11.5 Å². The molecule has 1 aliphatic rings. The number of carbonyl (C=O) groups is 2. The minimum Gasteiger partial charge on any atom is -0.456 e. The fourth-order valence-electron chi connectivity index (χ4n) is 2.74. The average Bonchev–Trinajstić information content (AvgIpc) is 2.75. The standard InChI is InChI=1S/C20H20O5/c1-11-7-6-8-13(19(22)23-20(3,4)5)16(11)17(21)14-9-10-15-12(2)18(14)25-24-15/h6-10H,1-5H3. The fraction of sp³-hybridized carbons (Fsp3) is 0.300. The molecule has 2 aromatic carbocycles. The molecule has 3 rings (SSSR count). The molecule has 5 heteroatoms. The number of benzene rings is 2. The van der Waals surface area contributed by atoms with Gasteiger partial charge in [-0.3, -0.25) is 14.6 Å². The number of aryl methyl sites for hydroxylation is 1. The normalized spacial score (nSPS) is 12.4. The quantitative estimate of drug-likeness (QED) is 0.477. The lowest BCUT2D eigenvalue weighted by Crippen LogP contribution is -2.25. The lowest BCUT2D eigenvalue weighted by Gasteiger charge is -2.21. The van der Waals surface area contributed by atoms with Crippen LogP contribution in [0, 0.1) is 13.8 Å². The zero-order valence-electron chi connectivity index (χ0n) is 14.9. The second-order valence-electron chi connectivity index (χ2n) is 7.06. The van der Waals surface area contributed by atoms with Crippen molar-refractivity contribution in [2.24, 2.45) is 0 Å². The van der Waals surface area contributed by atoms with Gasteiger partial charge in [0.25, 0.3) is 0 Å². The van der Waals surface area contributed by atoms with Crippen LogP contribution in [-0.2, 0) is 4.74 Å². The first kappa shape index (κ1) is 17.0. The molecule has 130 valence electrons. The van der Waals surface area contributed by atoms with Crippen LogP contribution in [-0.4, -0.2) is 17.4 Å². The number of ether oxygens (including phenoxy) is 1. The van der Waals surface area contributed by atoms with Crippen molar-refractivity contribution in [2.75, 3.05) is 0 Å². The van der Waals surface area contributed by atoms with E-state index in [2.05, 4.69) is 0 Å². The molecule has 0 atom stereocenters. The Morgan fingerprint density at radius 2 is 1.68 bits per heavy atom. The summed E-state index contributed by atoms with van der Waals surface area (Å²) in [5, 5.41) is 0. The van der Waals surface area contributed by atoms with E-state index >= 15 is 0 Å². The van der Waals surface area contributed by atoms with Crippen molar-refractivity contribution in [3.05, 3.63) is 58.1 Å². The predicted molar refractivity (Wildman–Crippen MR) is 92.2 cm³/mol. The molecule has 0 amide bonds. The summed E-state index contributed by atoms with van der Waals surface area (Å²) < 4.78 is 5.45. The van der Waals surface area contributed by atoms with E-state index < -0.39 is 11.6 Å². The van der Waals surface area contributed by atoms with Crippen LogP contribution in [0.5, 0.6) is 11.5 Å². The maximum Gasteiger partial charge on any atom is 0.339 e. The first-order valence-corrected chi connectivity index (χ1v) is 8.05. The number of fused-ring (bicyclic) bond motifs is 2. The molecule has 1 heterocycles. The van der Waals surface area contributed by atoms with Gasteiger partial charge in [-0.1, -0.05) is 12.1 Å². The van der Waals surface area contributed by atoms with Gasteiger partial charge in [0.1, 0.15) is 5.60 Å². The molecular weight excluding hydrogens is 320 g/mol. The van der Waals surface area contributed by atoms with Gasteiger partial charge in [0.15, 0.2) is 17.3 Å². The largest absolute Gasteiger partial charge is 0.456 e. The third-order valence-electron chi connectivity index (χ3n) is 3.93. The van der Waals surface area contributed by atoms with Crippen LogP contribution in [0.2, 0.25) is 0 Å². The van der Waals surface area contributed by atoms with E-state index in [1.54, 1.807) is 58.0 Å². The van der Waals surface area contributed by atoms with Crippen LogP contribution in [0.25, 0.3) is 0 Å². The molecule has 0 radical (unpaired) electrons. The van der Waals surface area contributed by atoms with Crippen LogP contribution in [0.4, 0.5) is 0 Å². The Morgan fingerprint density at radius 1 is 0.960 bits per heavy atom. The Kier molecular flexibility index (Phi) is 4.03. The predicted octanol–water partition coefficient (Wildman–Crippen LogP) is 4.18. The van der Waals surface area contributed by atoms with Crippen LogP contribution in [0.15, 0.2) is 30.3 Å². The molecule has 0 unspecified atom stereocenters. The van der Waals surface area contributed by atoms with Crippen molar-refractivity contribution >= 4 is 11.8 Å². The Morgan fingerprint density at radius 3 is 2.36 bits per heavy atom. The minimum absolute atomic E-state index is 0.243. The molecule has 0 fully saturated rings. The minimum atomic E-state index is -0.648. The highest BCUT2D eigenvalue weighted by atomic mass is 17.2. The first-order valence-electron chi connectivity index (χ1n) is 8.05. The molecule has 2 bridgehead atoms. The smallest absolute Gasteiger partial charge is 0.339 e. The van der Waals surface area contributed by atoms with E-state index in [0.717, 1.165) is 5.56 Å². The number of carbonyl (C=O) groups excluding carboxylic acids is 2. The molecule has 0 N–H and O–H groups in total. The maximum atomic E-state index is 13.2. The van der Waals surface area contributed by atoms with E-state index in [1.165, 1.54) is 0 Å². The molecule has 0 saturated carbocycles. The van der Waals surface area contributed by atoms with E-state index in [1.807, 2.05) is 6.92 Å². The van der Waals surface area contributed by atoms with Gasteiger partial charge in [0.2, 0.25) is 0 Å². The monoisotopic (exact) mass is 340 g/mol. The number of rotatable bonds is 3. The van der Waals surface area contributed by atoms with Gasteiger partial charge >= 0.3 is 5.97 Å². The second-order valence-corrected chi connectivity index (χ2v) is 7.06. The summed E-state index contributed by atoms with van der Waals surface area (Å²) in [6.45, 7) is 8.97. The maximum absolute atomic E-state index is 13.2. The van der Waals surface area contributed by atoms with Crippen molar-refractivity contribution in [1.29, 1.82) is 0 Å². The molecule has 0 aromatic heterocycles. The zero-order valence-corrected chi connectivity index (χ0v) is 14.9. The van der Waals surface area contributed by atoms with E-state index in [9.17, 15) is 9.59 Å². The van der Waals surface area contributed by atoms with E-state index in [-0.39, 0.29) is 11.3 Å². The molecule has 25 heavy (non-hydrogen) atoms. The van der Waals surface area contributed by atoms with Crippen molar-refractivity contribution < 1.29 is 24.1 Å². The molecule has 5 nitrogen and oxygen atoms in total. The molecular formula is C20H20O5. The Labute approximate surface area is 146 Å². The van der Waals surface area contributed by atoms with Gasteiger partial charge < -0.3 is 4.74 Å². The summed E-state index contributed by atoms with van der Waals surface area (Å²) in [7, 11) is 0. The van der Waals surface area contributed by atoms with Gasteiger partial charge in [0.05, 0.1) is 11.1 Å². The van der Waals surface area contributed by atoms with Crippen molar-refractivity contribution in [1.82, 2.24) is 0 Å². The lowest BCUT2D eigenvalue weighted by molar-refractivity contribution is -0.0849. The Bertz CT molecular complexity index is 874. The summed E-state index contributed by atoms with van der Waals surface area (Å²) in [5.41, 5.74) is 1.73. The van der Waals surface area contributed by atoms with Gasteiger partial charge in [-0.15, -0.1) is 0 Å². The first-order chi connectivity index (χ1) is 11.7. The summed E-state index contributed by atoms with van der Waals surface area (Å²) in [5.74, 6) is 0.153. The van der Waals surface area contributed by atoms with Gasteiger partial charge in [-0.25, -0.2) is 4.79 Å². The van der Waals surface area contributed by atoms with Crippen molar-refractivity contribution in [2.45, 2.75) is 40.2 Å². The van der Waals surface area contributed by atoms with Gasteiger partial charge in [0, 0.05) is 11.1 Å². The zero-order chi connectivity index (χ0) is 18.4. The fourth-order valence-corrected chi connectivity index (χ4v) is 2.74. The van der Waals surface area contributed by atoms with Crippen LogP contribution >= 0.6 is 0 Å². The topological polar surface area (TPSA) is 61.8 Å². The molecule has 1 aliphatic heterocycles. The Hall–Kier alpha value is -2.82. The third kappa shape index (κ3) is 3.09. The number of esters is 1. The summed E-state index contributed by atoms with van der Waals surface area (Å²) in [6.07, 6.45) is 0. The van der Waals surface area contributed by atoms with Crippen LogP contribution in [0.3, 0.4) is 0 Å². The molecule has 0 aliphatic carbocycles. The highest BCUT2D eigenvalue weighted by Crippen LogP contribution is 2.38. The molecule has 2 aromatic rings. The van der Waals surface area contributed by atoms with E-state index in [0.29, 0.717) is 28.2 Å². The van der Waals surface area contributed by atoms with Crippen LogP contribution in [0.1, 0.15) is 58.2 Å². The summed E-state index contributed by atoms with van der Waals surface area (Å²) in [4.78, 5) is 36.0. The SMILES string of the molecule is Cc1cccc(C(=O)OC(C)(C)C)c1C(=O)c1ccc2c(C)c1OO2. The highest BCUT2D eigenvalue weighted by molar-refractivity contribution is 6.16. The van der Waals surface area contributed by atoms with Crippen LogP contribution < -0.4 is 9.78 Å². The number of hydrogen-bond donors (Lipinski definition) is 0. The lowest BCUT2D eigenvalue weighted by atomic mass is 9.92. The van der Waals surface area contributed by atoms with E-state index in [4.69, 9.17) is 14.5 Å². The average molecular weight is 340 g/mol. The third-order valence-corrected chi connectivity index (χ3v) is 3.93. The molecule has 0 saturated heterocycles. The number of ketones is 1. The highest BCUT2D eigenvalue weighted by Gasteiger charge is 2.30. The number of hydrogen-bond acceptors (Lipinski definition) is 5. The summed E-state index contributed by atoms with van der Waals surface area (Å²) in [6, 6.07) is 8.46. The van der Waals surface area contributed by atoms with Gasteiger partial charge in [-0.05, 0) is 58.4 Å². The Balaban J connectivity index is 2.08. The summed E-state index contributed by atoms with van der Waals surface area (Å²) >= 11 is 0. The second kappa shape index (κ2) is 5.92. The van der Waals surface area contributed by atoms with Crippen molar-refractivity contribution in [3.63, 3.8) is 0 Å². The molecule has 0 spiro atoms.